The number of hydrogen-bond acceptors (Lipinski definition) is 6. The van der Waals surface area contributed by atoms with Crippen LogP contribution in [0.15, 0.2) is 46.8 Å². The van der Waals surface area contributed by atoms with Crippen molar-refractivity contribution in [2.75, 3.05) is 10.6 Å². The molecule has 29 heavy (non-hydrogen) atoms. The van der Waals surface area contributed by atoms with E-state index in [-0.39, 0.29) is 11.8 Å². The highest BCUT2D eigenvalue weighted by Gasteiger charge is 2.10. The molecule has 0 radical (unpaired) electrons. The van der Waals surface area contributed by atoms with Crippen LogP contribution >= 0.6 is 23.1 Å². The normalized spacial score (nSPS) is 10.6. The zero-order chi connectivity index (χ0) is 20.8. The minimum Gasteiger partial charge on any atom is -0.322 e. The van der Waals surface area contributed by atoms with Gasteiger partial charge in [0.2, 0.25) is 11.0 Å². The monoisotopic (exact) mass is 426 g/mol. The van der Waals surface area contributed by atoms with E-state index in [9.17, 15) is 9.59 Å². The molecular weight excluding hydrogens is 404 g/mol. The third-order valence-electron chi connectivity index (χ3n) is 4.18. The van der Waals surface area contributed by atoms with Crippen molar-refractivity contribution in [2.24, 2.45) is 0 Å². The Kier molecular flexibility index (Phi) is 7.00. The van der Waals surface area contributed by atoms with Gasteiger partial charge in [-0.25, -0.2) is 0 Å². The standard InChI is InChI=1S/C21H22N4O2S2/c1-4-18(26)23-20-24-25-21(29-20)28-12-15-6-8-16(9-7-15)19(27)22-17-10-5-13(2)11-14(17)3/h5-11H,4,12H2,1-3H3,(H,22,27)(H,23,24,26). The van der Waals surface area contributed by atoms with Crippen molar-refractivity contribution in [1.82, 2.24) is 10.2 Å². The number of carbonyl (C=O) groups excluding carboxylic acids is 2. The Balaban J connectivity index is 1.56. The molecule has 1 aromatic heterocycles. The summed E-state index contributed by atoms with van der Waals surface area (Å²) in [5, 5.41) is 14.2. The number of anilines is 2. The lowest BCUT2D eigenvalue weighted by atomic mass is 10.1. The van der Waals surface area contributed by atoms with Crippen LogP contribution in [-0.4, -0.2) is 22.0 Å². The van der Waals surface area contributed by atoms with Gasteiger partial charge in [0.1, 0.15) is 0 Å². The predicted octanol–water partition coefficient (Wildman–Crippen LogP) is 5.05. The summed E-state index contributed by atoms with van der Waals surface area (Å²) < 4.78 is 0.785. The fraction of sp³-hybridized carbons (Fsp3) is 0.238. The summed E-state index contributed by atoms with van der Waals surface area (Å²) in [5.41, 5.74) is 4.71. The van der Waals surface area contributed by atoms with Crippen molar-refractivity contribution >= 4 is 45.7 Å². The van der Waals surface area contributed by atoms with Gasteiger partial charge in [-0.1, -0.05) is 59.9 Å². The van der Waals surface area contributed by atoms with E-state index in [0.717, 1.165) is 26.7 Å². The van der Waals surface area contributed by atoms with E-state index >= 15 is 0 Å². The molecule has 0 saturated heterocycles. The fourth-order valence-corrected chi connectivity index (χ4v) is 4.30. The Morgan fingerprint density at radius 3 is 2.48 bits per heavy atom. The van der Waals surface area contributed by atoms with E-state index in [0.29, 0.717) is 22.9 Å². The van der Waals surface area contributed by atoms with Gasteiger partial charge >= 0.3 is 0 Å². The van der Waals surface area contributed by atoms with Gasteiger partial charge in [0, 0.05) is 23.4 Å². The molecule has 0 aliphatic carbocycles. The largest absolute Gasteiger partial charge is 0.322 e. The lowest BCUT2D eigenvalue weighted by Crippen LogP contribution is -2.12. The highest BCUT2D eigenvalue weighted by atomic mass is 32.2. The summed E-state index contributed by atoms with van der Waals surface area (Å²) in [7, 11) is 0. The lowest BCUT2D eigenvalue weighted by molar-refractivity contribution is -0.115. The van der Waals surface area contributed by atoms with Crippen LogP contribution < -0.4 is 10.6 Å². The quantitative estimate of drug-likeness (QED) is 0.408. The Labute approximate surface area is 178 Å². The van der Waals surface area contributed by atoms with E-state index in [1.54, 1.807) is 18.7 Å². The minimum absolute atomic E-state index is 0.0765. The van der Waals surface area contributed by atoms with Crippen molar-refractivity contribution < 1.29 is 9.59 Å². The molecule has 0 fully saturated rings. The third kappa shape index (κ3) is 5.88. The molecule has 2 N–H and O–H groups in total. The van der Waals surface area contributed by atoms with E-state index < -0.39 is 0 Å². The maximum absolute atomic E-state index is 12.5. The number of amides is 2. The van der Waals surface area contributed by atoms with Gasteiger partial charge in [0.05, 0.1) is 0 Å². The van der Waals surface area contributed by atoms with Gasteiger partial charge in [-0.3, -0.25) is 9.59 Å². The first kappa shape index (κ1) is 21.0. The van der Waals surface area contributed by atoms with Crippen molar-refractivity contribution in [2.45, 2.75) is 37.3 Å². The second-order valence-corrected chi connectivity index (χ2v) is 8.73. The molecule has 0 aliphatic rings. The number of thioether (sulfide) groups is 1. The molecule has 0 aliphatic heterocycles. The zero-order valence-electron chi connectivity index (χ0n) is 16.5. The van der Waals surface area contributed by atoms with Crippen molar-refractivity contribution in [3.05, 3.63) is 64.7 Å². The molecule has 8 heteroatoms. The first-order chi connectivity index (χ1) is 13.9. The summed E-state index contributed by atoms with van der Waals surface area (Å²) in [6.45, 7) is 5.80. The summed E-state index contributed by atoms with van der Waals surface area (Å²) in [4.78, 5) is 23.9. The molecule has 0 unspecified atom stereocenters. The van der Waals surface area contributed by atoms with Crippen LogP contribution in [0, 0.1) is 13.8 Å². The van der Waals surface area contributed by atoms with Gasteiger partial charge < -0.3 is 10.6 Å². The van der Waals surface area contributed by atoms with Crippen LogP contribution in [0.5, 0.6) is 0 Å². The molecule has 6 nitrogen and oxygen atoms in total. The van der Waals surface area contributed by atoms with Crippen LogP contribution in [0.1, 0.15) is 40.4 Å². The van der Waals surface area contributed by atoms with Crippen LogP contribution in [0.25, 0.3) is 0 Å². The molecule has 1 heterocycles. The average Bonchev–Trinajstić information content (AvgIpc) is 3.16. The molecule has 3 rings (SSSR count). The van der Waals surface area contributed by atoms with Crippen LogP contribution in [0.3, 0.4) is 0 Å². The number of rotatable bonds is 7. The van der Waals surface area contributed by atoms with E-state index in [4.69, 9.17) is 0 Å². The first-order valence-electron chi connectivity index (χ1n) is 9.18. The Morgan fingerprint density at radius 2 is 1.79 bits per heavy atom. The lowest BCUT2D eigenvalue weighted by Gasteiger charge is -2.09. The Hall–Kier alpha value is -2.71. The Morgan fingerprint density at radius 1 is 1.03 bits per heavy atom. The minimum atomic E-state index is -0.128. The van der Waals surface area contributed by atoms with Gasteiger partial charge in [0.15, 0.2) is 4.34 Å². The molecule has 0 atom stereocenters. The van der Waals surface area contributed by atoms with Gasteiger partial charge in [-0.2, -0.15) is 0 Å². The summed E-state index contributed by atoms with van der Waals surface area (Å²) >= 11 is 2.89. The topological polar surface area (TPSA) is 84.0 Å². The second-order valence-electron chi connectivity index (χ2n) is 6.53. The van der Waals surface area contributed by atoms with E-state index in [1.165, 1.54) is 11.3 Å². The van der Waals surface area contributed by atoms with Crippen molar-refractivity contribution in [3.8, 4) is 0 Å². The van der Waals surface area contributed by atoms with Gasteiger partial charge in [0.25, 0.3) is 5.91 Å². The first-order valence-corrected chi connectivity index (χ1v) is 11.0. The van der Waals surface area contributed by atoms with E-state index in [2.05, 4.69) is 20.8 Å². The number of carbonyl (C=O) groups is 2. The maximum atomic E-state index is 12.5. The molecule has 0 saturated carbocycles. The van der Waals surface area contributed by atoms with Gasteiger partial charge in [-0.15, -0.1) is 10.2 Å². The number of hydrogen-bond donors (Lipinski definition) is 2. The summed E-state index contributed by atoms with van der Waals surface area (Å²) in [5.74, 6) is 0.499. The maximum Gasteiger partial charge on any atom is 0.255 e. The third-order valence-corrected chi connectivity index (χ3v) is 6.23. The molecule has 0 spiro atoms. The zero-order valence-corrected chi connectivity index (χ0v) is 18.1. The molecule has 0 bridgehead atoms. The summed E-state index contributed by atoms with van der Waals surface area (Å²) in [6, 6.07) is 13.5. The average molecular weight is 427 g/mol. The van der Waals surface area contributed by atoms with Gasteiger partial charge in [-0.05, 0) is 43.2 Å². The molecule has 2 amide bonds. The fourth-order valence-electron chi connectivity index (χ4n) is 2.57. The highest BCUT2D eigenvalue weighted by Crippen LogP contribution is 2.28. The number of nitrogens with zero attached hydrogens (tertiary/aromatic N) is 2. The molecular formula is C21H22N4O2S2. The van der Waals surface area contributed by atoms with Crippen LogP contribution in [0.4, 0.5) is 10.8 Å². The van der Waals surface area contributed by atoms with Crippen LogP contribution in [-0.2, 0) is 10.5 Å². The predicted molar refractivity (Wildman–Crippen MR) is 119 cm³/mol. The Bertz CT molecular complexity index is 1020. The number of nitrogens with one attached hydrogen (secondary N) is 2. The highest BCUT2D eigenvalue weighted by molar-refractivity contribution is 8.00. The number of aryl methyl sites for hydroxylation is 2. The number of aromatic nitrogens is 2. The molecule has 2 aromatic carbocycles. The molecule has 3 aromatic rings. The van der Waals surface area contributed by atoms with Crippen LogP contribution in [0.2, 0.25) is 0 Å². The number of benzene rings is 2. The SMILES string of the molecule is CCC(=O)Nc1nnc(SCc2ccc(C(=O)Nc3ccc(C)cc3C)cc2)s1. The van der Waals surface area contributed by atoms with Crippen molar-refractivity contribution in [3.63, 3.8) is 0 Å². The van der Waals surface area contributed by atoms with Crippen molar-refractivity contribution in [1.29, 1.82) is 0 Å². The smallest absolute Gasteiger partial charge is 0.255 e. The summed E-state index contributed by atoms with van der Waals surface area (Å²) in [6.07, 6.45) is 0.408. The van der Waals surface area contributed by atoms with E-state index in [1.807, 2.05) is 56.3 Å². The molecule has 150 valence electrons. The second kappa shape index (κ2) is 9.67.